The summed E-state index contributed by atoms with van der Waals surface area (Å²) < 4.78 is 0. The maximum atomic E-state index is 13.4. The molecule has 1 saturated heterocycles. The molecular weight excluding hydrogens is 344 g/mol. The number of urea groups is 1. The lowest BCUT2D eigenvalue weighted by atomic mass is 10.0. The van der Waals surface area contributed by atoms with Crippen LogP contribution in [0.1, 0.15) is 18.9 Å². The van der Waals surface area contributed by atoms with E-state index in [4.69, 9.17) is 0 Å². The van der Waals surface area contributed by atoms with Crippen molar-refractivity contribution in [1.29, 1.82) is 0 Å². The molecule has 3 heterocycles. The highest BCUT2D eigenvalue weighted by molar-refractivity contribution is 6.08. The first-order valence-corrected chi connectivity index (χ1v) is 9.38. The van der Waals surface area contributed by atoms with Crippen LogP contribution >= 0.6 is 0 Å². The number of carbonyl (C=O) groups is 3. The molecule has 4 amide bonds. The van der Waals surface area contributed by atoms with Crippen molar-refractivity contribution in [1.82, 2.24) is 14.7 Å². The Labute approximate surface area is 158 Å². The molecule has 142 valence electrons. The third-order valence-electron chi connectivity index (χ3n) is 5.70. The predicted octanol–water partition coefficient (Wildman–Crippen LogP) is 1.65. The average molecular weight is 368 g/mol. The molecule has 0 saturated carbocycles. The average Bonchev–Trinajstić information content (AvgIpc) is 3.26. The Bertz CT molecular complexity index is 849. The van der Waals surface area contributed by atoms with Crippen LogP contribution in [0.3, 0.4) is 0 Å². The SMILES string of the molecule is CCCN1C(C(=O)N2CCc3ccccc32)=CC2C(=O)N(C)C(=O)N(C)C21. The van der Waals surface area contributed by atoms with E-state index in [1.54, 1.807) is 22.9 Å². The number of rotatable bonds is 3. The first-order valence-electron chi connectivity index (χ1n) is 9.38. The summed E-state index contributed by atoms with van der Waals surface area (Å²) in [6, 6.07) is 7.58. The number of amides is 4. The minimum atomic E-state index is -0.513. The fraction of sp³-hybridized carbons (Fsp3) is 0.450. The summed E-state index contributed by atoms with van der Waals surface area (Å²) >= 11 is 0. The van der Waals surface area contributed by atoms with E-state index < -0.39 is 12.1 Å². The largest absolute Gasteiger partial charge is 0.346 e. The van der Waals surface area contributed by atoms with Crippen molar-refractivity contribution in [3.8, 4) is 0 Å². The summed E-state index contributed by atoms with van der Waals surface area (Å²) in [7, 11) is 3.18. The molecule has 1 fully saturated rings. The van der Waals surface area contributed by atoms with E-state index in [1.807, 2.05) is 36.1 Å². The highest BCUT2D eigenvalue weighted by Gasteiger charge is 2.50. The second-order valence-corrected chi connectivity index (χ2v) is 7.31. The van der Waals surface area contributed by atoms with Gasteiger partial charge in [-0.15, -0.1) is 0 Å². The standard InChI is InChI=1S/C20H24N4O3/c1-4-10-23-16(12-14-17(23)21(2)20(27)22(3)18(14)25)19(26)24-11-9-13-7-5-6-8-15(13)24/h5-8,12,14,17H,4,9-11H2,1-3H3. The molecule has 1 aromatic carbocycles. The number of hydrogen-bond donors (Lipinski definition) is 0. The lowest BCUT2D eigenvalue weighted by Crippen LogP contribution is -2.62. The third kappa shape index (κ3) is 2.52. The van der Waals surface area contributed by atoms with Crippen LogP contribution in [0.4, 0.5) is 10.5 Å². The summed E-state index contributed by atoms with van der Waals surface area (Å²) in [6.07, 6.45) is 2.97. The second-order valence-electron chi connectivity index (χ2n) is 7.31. The smallest absolute Gasteiger partial charge is 0.327 e. The van der Waals surface area contributed by atoms with E-state index in [0.29, 0.717) is 18.8 Å². The Morgan fingerprint density at radius 1 is 1.19 bits per heavy atom. The number of para-hydroxylation sites is 1. The van der Waals surface area contributed by atoms with Gasteiger partial charge in [-0.1, -0.05) is 25.1 Å². The molecule has 2 atom stereocenters. The summed E-state index contributed by atoms with van der Waals surface area (Å²) in [5.74, 6) is -0.867. The van der Waals surface area contributed by atoms with Gasteiger partial charge in [-0.3, -0.25) is 14.5 Å². The number of anilines is 1. The summed E-state index contributed by atoms with van der Waals surface area (Å²) in [6.45, 7) is 3.27. The quantitative estimate of drug-likeness (QED) is 0.814. The van der Waals surface area contributed by atoms with Gasteiger partial charge >= 0.3 is 6.03 Å². The molecule has 0 bridgehead atoms. The fourth-order valence-corrected chi connectivity index (χ4v) is 4.38. The zero-order valence-electron chi connectivity index (χ0n) is 15.9. The van der Waals surface area contributed by atoms with Crippen LogP contribution < -0.4 is 4.90 Å². The lowest BCUT2D eigenvalue weighted by Gasteiger charge is -2.43. The fourth-order valence-electron chi connectivity index (χ4n) is 4.38. The van der Waals surface area contributed by atoms with E-state index in [9.17, 15) is 14.4 Å². The summed E-state index contributed by atoms with van der Waals surface area (Å²) in [5.41, 5.74) is 2.61. The molecule has 0 aliphatic carbocycles. The van der Waals surface area contributed by atoms with E-state index >= 15 is 0 Å². The van der Waals surface area contributed by atoms with Crippen LogP contribution in [-0.4, -0.2) is 65.9 Å². The van der Waals surface area contributed by atoms with Crippen molar-refractivity contribution >= 4 is 23.5 Å². The van der Waals surface area contributed by atoms with Crippen molar-refractivity contribution in [2.75, 3.05) is 32.1 Å². The van der Waals surface area contributed by atoms with Crippen molar-refractivity contribution in [3.05, 3.63) is 41.6 Å². The maximum Gasteiger partial charge on any atom is 0.327 e. The predicted molar refractivity (Wildman–Crippen MR) is 101 cm³/mol. The monoisotopic (exact) mass is 368 g/mol. The van der Waals surface area contributed by atoms with Gasteiger partial charge in [0.05, 0.1) is 5.92 Å². The van der Waals surface area contributed by atoms with Crippen LogP contribution in [0.15, 0.2) is 36.0 Å². The molecule has 2 unspecified atom stereocenters. The molecule has 3 aliphatic rings. The number of benzene rings is 1. The van der Waals surface area contributed by atoms with Crippen molar-refractivity contribution in [2.45, 2.75) is 25.9 Å². The Morgan fingerprint density at radius 2 is 1.93 bits per heavy atom. The number of nitrogens with zero attached hydrogens (tertiary/aromatic N) is 4. The Kier molecular flexibility index (Phi) is 4.17. The third-order valence-corrected chi connectivity index (χ3v) is 5.70. The first kappa shape index (κ1) is 17.6. The van der Waals surface area contributed by atoms with Crippen molar-refractivity contribution in [3.63, 3.8) is 0 Å². The summed E-state index contributed by atoms with van der Waals surface area (Å²) in [4.78, 5) is 44.9. The van der Waals surface area contributed by atoms with Crippen molar-refractivity contribution < 1.29 is 14.4 Å². The molecule has 7 nitrogen and oxygen atoms in total. The van der Waals surface area contributed by atoms with Crippen LogP contribution in [0.2, 0.25) is 0 Å². The molecule has 1 aromatic rings. The molecule has 3 aliphatic heterocycles. The van der Waals surface area contributed by atoms with E-state index in [-0.39, 0.29) is 17.8 Å². The van der Waals surface area contributed by atoms with Gasteiger partial charge in [0.15, 0.2) is 0 Å². The van der Waals surface area contributed by atoms with Crippen molar-refractivity contribution in [2.24, 2.45) is 5.92 Å². The van der Waals surface area contributed by atoms with E-state index in [2.05, 4.69) is 0 Å². The van der Waals surface area contributed by atoms with Crippen LogP contribution in [0.25, 0.3) is 0 Å². The van der Waals surface area contributed by atoms with E-state index in [0.717, 1.165) is 29.0 Å². The van der Waals surface area contributed by atoms with Gasteiger partial charge in [-0.2, -0.15) is 0 Å². The molecule has 0 spiro atoms. The van der Waals surface area contributed by atoms with Gasteiger partial charge < -0.3 is 14.7 Å². The zero-order valence-corrected chi connectivity index (χ0v) is 15.9. The number of hydrogen-bond acceptors (Lipinski definition) is 4. The highest BCUT2D eigenvalue weighted by Crippen LogP contribution is 2.37. The molecule has 0 radical (unpaired) electrons. The highest BCUT2D eigenvalue weighted by atomic mass is 16.2. The minimum Gasteiger partial charge on any atom is -0.346 e. The number of fused-ring (bicyclic) bond motifs is 2. The summed E-state index contributed by atoms with van der Waals surface area (Å²) in [5, 5.41) is 0. The normalized spacial score (nSPS) is 24.3. The molecule has 0 aromatic heterocycles. The van der Waals surface area contributed by atoms with Gasteiger partial charge in [0.2, 0.25) is 5.91 Å². The first-order chi connectivity index (χ1) is 13.0. The molecular formula is C20H24N4O3. The lowest BCUT2D eigenvalue weighted by molar-refractivity contribution is -0.137. The second kappa shape index (κ2) is 6.40. The molecule has 7 heteroatoms. The molecule has 0 N–H and O–H groups in total. The Balaban J connectivity index is 1.70. The maximum absolute atomic E-state index is 13.4. The Hall–Kier alpha value is -2.83. The van der Waals surface area contributed by atoms with Gasteiger partial charge in [0.25, 0.3) is 5.91 Å². The molecule has 27 heavy (non-hydrogen) atoms. The van der Waals surface area contributed by atoms with Gasteiger partial charge in [0, 0.05) is 32.9 Å². The van der Waals surface area contributed by atoms with E-state index in [1.165, 1.54) is 7.05 Å². The van der Waals surface area contributed by atoms with Gasteiger partial charge in [-0.25, -0.2) is 4.79 Å². The van der Waals surface area contributed by atoms with Gasteiger partial charge in [-0.05, 0) is 30.5 Å². The van der Waals surface area contributed by atoms with Gasteiger partial charge in [0.1, 0.15) is 11.9 Å². The van der Waals surface area contributed by atoms with Crippen LogP contribution in [0.5, 0.6) is 0 Å². The van der Waals surface area contributed by atoms with Crippen LogP contribution in [0, 0.1) is 5.92 Å². The minimum absolute atomic E-state index is 0.0981. The zero-order chi connectivity index (χ0) is 19.3. The topological polar surface area (TPSA) is 64.2 Å². The Morgan fingerprint density at radius 3 is 2.67 bits per heavy atom. The number of imide groups is 1. The number of carbonyl (C=O) groups excluding carboxylic acids is 3. The van der Waals surface area contributed by atoms with Crippen LogP contribution in [-0.2, 0) is 16.0 Å². The molecule has 4 rings (SSSR count).